The summed E-state index contributed by atoms with van der Waals surface area (Å²) in [7, 11) is 0. The van der Waals surface area contributed by atoms with Gasteiger partial charge in [-0.2, -0.15) is 0 Å². The van der Waals surface area contributed by atoms with E-state index in [-0.39, 0.29) is 11.8 Å². The third kappa shape index (κ3) is 3.85. The molecule has 0 saturated carbocycles. The van der Waals surface area contributed by atoms with E-state index in [9.17, 15) is 9.59 Å². The Morgan fingerprint density at radius 3 is 2.62 bits per heavy atom. The first-order chi connectivity index (χ1) is 14.1. The molecule has 6 heteroatoms. The van der Waals surface area contributed by atoms with Crippen LogP contribution >= 0.6 is 0 Å². The fraction of sp³-hybridized carbons (Fsp3) is 0.391. The molecule has 3 aromatic rings. The number of amides is 2. The lowest BCUT2D eigenvalue weighted by Crippen LogP contribution is -3.15. The lowest BCUT2D eigenvalue weighted by Gasteiger charge is -2.31. The van der Waals surface area contributed by atoms with Crippen LogP contribution in [0, 0.1) is 6.92 Å². The summed E-state index contributed by atoms with van der Waals surface area (Å²) in [4.78, 5) is 28.1. The van der Waals surface area contributed by atoms with E-state index in [1.807, 2.05) is 49.1 Å². The van der Waals surface area contributed by atoms with Crippen LogP contribution in [-0.4, -0.2) is 56.0 Å². The van der Waals surface area contributed by atoms with Crippen LogP contribution in [0.25, 0.3) is 21.7 Å². The van der Waals surface area contributed by atoms with Gasteiger partial charge in [0.25, 0.3) is 11.8 Å². The first-order valence-corrected chi connectivity index (χ1v) is 10.4. The van der Waals surface area contributed by atoms with Crippen molar-refractivity contribution in [3.05, 3.63) is 47.7 Å². The summed E-state index contributed by atoms with van der Waals surface area (Å²) in [6, 6.07) is 12.2. The Morgan fingerprint density at radius 2 is 1.86 bits per heavy atom. The third-order valence-corrected chi connectivity index (χ3v) is 5.76. The van der Waals surface area contributed by atoms with Gasteiger partial charge in [-0.1, -0.05) is 43.3 Å². The summed E-state index contributed by atoms with van der Waals surface area (Å²) in [5.74, 6) is 0.458. The Kier molecular flexibility index (Phi) is 5.53. The van der Waals surface area contributed by atoms with Crippen molar-refractivity contribution >= 4 is 33.6 Å². The van der Waals surface area contributed by atoms with E-state index >= 15 is 0 Å². The number of benzene rings is 2. The maximum absolute atomic E-state index is 13.1. The van der Waals surface area contributed by atoms with Crippen LogP contribution in [0.2, 0.25) is 0 Å². The summed E-state index contributed by atoms with van der Waals surface area (Å²) >= 11 is 0. The zero-order valence-electron chi connectivity index (χ0n) is 17.1. The molecule has 29 heavy (non-hydrogen) atoms. The molecule has 0 bridgehead atoms. The Balaban J connectivity index is 1.48. The van der Waals surface area contributed by atoms with Crippen LogP contribution in [0.1, 0.15) is 29.5 Å². The number of aryl methyl sites for hydroxylation is 1. The molecule has 1 aliphatic rings. The van der Waals surface area contributed by atoms with Crippen LogP contribution in [0.3, 0.4) is 0 Å². The van der Waals surface area contributed by atoms with Crippen molar-refractivity contribution in [2.75, 3.05) is 39.3 Å². The van der Waals surface area contributed by atoms with Gasteiger partial charge in [-0.05, 0) is 18.7 Å². The van der Waals surface area contributed by atoms with Gasteiger partial charge in [-0.25, -0.2) is 0 Å². The van der Waals surface area contributed by atoms with Crippen molar-refractivity contribution in [3.63, 3.8) is 0 Å². The smallest absolute Gasteiger partial charge is 0.290 e. The molecule has 2 amide bonds. The van der Waals surface area contributed by atoms with Gasteiger partial charge in [0.05, 0.1) is 26.2 Å². The second-order valence-electron chi connectivity index (χ2n) is 7.79. The number of fused-ring (bicyclic) bond motifs is 3. The second-order valence-corrected chi connectivity index (χ2v) is 7.79. The van der Waals surface area contributed by atoms with Crippen LogP contribution in [0.4, 0.5) is 0 Å². The van der Waals surface area contributed by atoms with Crippen molar-refractivity contribution < 1.29 is 18.9 Å². The quantitative estimate of drug-likeness (QED) is 0.693. The van der Waals surface area contributed by atoms with E-state index < -0.39 is 0 Å². The molecule has 1 aromatic heterocycles. The first kappa shape index (κ1) is 19.5. The number of quaternary nitrogens is 1. The molecule has 2 heterocycles. The van der Waals surface area contributed by atoms with Crippen molar-refractivity contribution in [3.8, 4) is 0 Å². The Bertz CT molecular complexity index is 1050. The Morgan fingerprint density at radius 1 is 1.10 bits per heavy atom. The van der Waals surface area contributed by atoms with E-state index in [0.29, 0.717) is 25.4 Å². The van der Waals surface area contributed by atoms with Gasteiger partial charge in [0.15, 0.2) is 12.3 Å². The van der Waals surface area contributed by atoms with Gasteiger partial charge in [0.1, 0.15) is 5.58 Å². The molecule has 0 unspecified atom stereocenters. The highest BCUT2D eigenvalue weighted by atomic mass is 16.3. The van der Waals surface area contributed by atoms with E-state index in [4.69, 9.17) is 4.42 Å². The molecule has 0 atom stereocenters. The topological polar surface area (TPSA) is 67.0 Å². The monoisotopic (exact) mass is 394 g/mol. The molecule has 0 aliphatic carbocycles. The lowest BCUT2D eigenvalue weighted by molar-refractivity contribution is -0.896. The van der Waals surface area contributed by atoms with Gasteiger partial charge in [-0.3, -0.25) is 9.59 Å². The number of carbonyl (C=O) groups is 2. The molecule has 6 nitrogen and oxygen atoms in total. The zero-order chi connectivity index (χ0) is 20.4. The Labute approximate surface area is 170 Å². The second kappa shape index (κ2) is 8.25. The van der Waals surface area contributed by atoms with E-state index in [0.717, 1.165) is 53.4 Å². The van der Waals surface area contributed by atoms with Crippen molar-refractivity contribution in [2.24, 2.45) is 0 Å². The molecule has 0 spiro atoms. The summed E-state index contributed by atoms with van der Waals surface area (Å²) in [6.45, 7) is 7.99. The molecular weight excluding hydrogens is 366 g/mol. The molecule has 152 valence electrons. The predicted octanol–water partition coefficient (Wildman–Crippen LogP) is 1.76. The zero-order valence-corrected chi connectivity index (χ0v) is 17.1. The molecular formula is C23H28N3O3+. The van der Waals surface area contributed by atoms with E-state index in [2.05, 4.69) is 11.4 Å². The number of rotatable bonds is 5. The Hall–Kier alpha value is -2.86. The van der Waals surface area contributed by atoms with Crippen LogP contribution in [0.15, 0.2) is 40.8 Å². The van der Waals surface area contributed by atoms with Gasteiger partial charge in [-0.15, -0.1) is 0 Å². The third-order valence-electron chi connectivity index (χ3n) is 5.76. The number of nitrogens with zero attached hydrogens (tertiary/aromatic N) is 1. The summed E-state index contributed by atoms with van der Waals surface area (Å²) in [5, 5.41) is 6.04. The van der Waals surface area contributed by atoms with Gasteiger partial charge < -0.3 is 19.5 Å². The number of carbonyl (C=O) groups excluding carboxylic acids is 2. The fourth-order valence-electron chi connectivity index (χ4n) is 4.05. The SMILES string of the molecule is CCCNC(=O)C[NH+]1CCN(C(=O)c2oc3c(ccc4ccccc43)c2C)CC1. The normalized spacial score (nSPS) is 15.2. The summed E-state index contributed by atoms with van der Waals surface area (Å²) < 4.78 is 6.10. The standard InChI is InChI=1S/C23H27N3O3/c1-3-10-24-20(27)15-25-11-13-26(14-12-25)23(28)21-16(2)18-9-8-17-6-4-5-7-19(17)22(18)29-21/h4-9H,3,10-15H2,1-2H3,(H,24,27)/p+1. The molecule has 2 N–H and O–H groups in total. The minimum Gasteiger partial charge on any atom is -0.450 e. The highest BCUT2D eigenvalue weighted by Crippen LogP contribution is 2.32. The number of hydrogen-bond donors (Lipinski definition) is 2. The molecule has 0 radical (unpaired) electrons. The van der Waals surface area contributed by atoms with E-state index in [1.165, 1.54) is 4.90 Å². The summed E-state index contributed by atoms with van der Waals surface area (Å²) in [6.07, 6.45) is 0.940. The van der Waals surface area contributed by atoms with Crippen LogP contribution in [0.5, 0.6) is 0 Å². The van der Waals surface area contributed by atoms with Crippen molar-refractivity contribution in [1.29, 1.82) is 0 Å². The average Bonchev–Trinajstić information content (AvgIpc) is 3.09. The molecule has 4 rings (SSSR count). The van der Waals surface area contributed by atoms with E-state index in [1.54, 1.807) is 0 Å². The predicted molar refractivity (Wildman–Crippen MR) is 113 cm³/mol. The number of piperazine rings is 1. The summed E-state index contributed by atoms with van der Waals surface area (Å²) in [5.41, 5.74) is 1.67. The molecule has 1 fully saturated rings. The van der Waals surface area contributed by atoms with Crippen molar-refractivity contribution in [2.45, 2.75) is 20.3 Å². The van der Waals surface area contributed by atoms with Gasteiger partial charge in [0, 0.05) is 22.9 Å². The largest absolute Gasteiger partial charge is 0.450 e. The fourth-order valence-corrected chi connectivity index (χ4v) is 4.05. The first-order valence-electron chi connectivity index (χ1n) is 10.4. The number of hydrogen-bond acceptors (Lipinski definition) is 3. The minimum absolute atomic E-state index is 0.0581. The maximum atomic E-state index is 13.1. The molecule has 1 aliphatic heterocycles. The highest BCUT2D eigenvalue weighted by molar-refractivity contribution is 6.08. The molecule has 2 aromatic carbocycles. The molecule has 1 saturated heterocycles. The number of furan rings is 1. The lowest BCUT2D eigenvalue weighted by atomic mass is 10.1. The minimum atomic E-state index is -0.0581. The highest BCUT2D eigenvalue weighted by Gasteiger charge is 2.29. The maximum Gasteiger partial charge on any atom is 0.290 e. The van der Waals surface area contributed by atoms with Crippen molar-refractivity contribution in [1.82, 2.24) is 10.2 Å². The number of nitrogens with one attached hydrogen (secondary N) is 2. The van der Waals surface area contributed by atoms with Crippen LogP contribution < -0.4 is 10.2 Å². The van der Waals surface area contributed by atoms with Gasteiger partial charge in [0.2, 0.25) is 0 Å². The van der Waals surface area contributed by atoms with Gasteiger partial charge >= 0.3 is 0 Å². The average molecular weight is 394 g/mol. The van der Waals surface area contributed by atoms with Crippen LogP contribution in [-0.2, 0) is 4.79 Å².